The van der Waals surface area contributed by atoms with E-state index in [1.54, 1.807) is 6.08 Å². The van der Waals surface area contributed by atoms with Crippen molar-refractivity contribution in [3.05, 3.63) is 48.6 Å². The number of aliphatic hydroxyl groups is 11. The summed E-state index contributed by atoms with van der Waals surface area (Å²) in [5.41, 5.74) is 0. The van der Waals surface area contributed by atoms with Gasteiger partial charge in [0.15, 0.2) is 18.9 Å². The van der Waals surface area contributed by atoms with E-state index in [4.69, 9.17) is 28.4 Å². The molecule has 0 aliphatic carbocycles. The molecular formula is C82H151NO18. The largest absolute Gasteiger partial charge is 0.394 e. The minimum atomic E-state index is -1.98. The average molecular weight is 1440 g/mol. The zero-order chi connectivity index (χ0) is 73.2. The van der Waals surface area contributed by atoms with Gasteiger partial charge in [0.1, 0.15) is 73.2 Å². The molecule has 0 radical (unpaired) electrons. The standard InChI is InChI=1S/C82H151NO18/c1-3-5-7-9-11-13-15-17-19-21-22-23-24-25-26-27-28-29-30-31-32-33-34-35-36-37-38-39-40-41-42-44-46-48-50-52-54-56-58-60-70(88)83-65(66(87)59-57-55-53-51-49-47-45-43-20-18-16-14-12-10-8-6-4-2)64-96-80-76(94)73(91)78(68(62-85)98-80)101-82-77(95)74(92)79(69(63-86)99-82)100-81-75(93)72(90)71(89)67(61-84)97-81/h15,17,21-22,24-25,57,59,65-69,71-82,84-87,89-95H,3-14,16,18-20,23,26-56,58,60-64H2,1-2H3,(H,83,88)/b17-15-,22-21-,25-24-,59-57+. The third-order valence-corrected chi connectivity index (χ3v) is 20.6. The Labute approximate surface area is 612 Å². The number of allylic oxidation sites excluding steroid dienone is 7. The molecule has 3 aliphatic heterocycles. The quantitative estimate of drug-likeness (QED) is 0.0199. The van der Waals surface area contributed by atoms with Gasteiger partial charge in [-0.05, 0) is 57.8 Å². The second kappa shape index (κ2) is 62.8. The van der Waals surface area contributed by atoms with Crippen LogP contribution in [0.1, 0.15) is 335 Å². The number of amides is 1. The number of hydrogen-bond donors (Lipinski definition) is 12. The number of hydrogen-bond acceptors (Lipinski definition) is 18. The minimum absolute atomic E-state index is 0.247. The molecule has 3 heterocycles. The van der Waals surface area contributed by atoms with E-state index in [1.807, 2.05) is 6.08 Å². The summed E-state index contributed by atoms with van der Waals surface area (Å²) in [7, 11) is 0. The highest BCUT2D eigenvalue weighted by Gasteiger charge is 2.54. The molecule has 17 unspecified atom stereocenters. The lowest BCUT2D eigenvalue weighted by Crippen LogP contribution is -2.66. The van der Waals surface area contributed by atoms with Crippen LogP contribution in [0.3, 0.4) is 0 Å². The number of carbonyl (C=O) groups excluding carboxylic acids is 1. The molecule has 3 fully saturated rings. The summed E-state index contributed by atoms with van der Waals surface area (Å²) in [6, 6.07) is -0.972. The Kier molecular flexibility index (Phi) is 57.8. The first-order valence-corrected chi connectivity index (χ1v) is 41.4. The van der Waals surface area contributed by atoms with Crippen molar-refractivity contribution in [3.63, 3.8) is 0 Å². The van der Waals surface area contributed by atoms with Crippen LogP contribution in [0.25, 0.3) is 0 Å². The minimum Gasteiger partial charge on any atom is -0.394 e. The Hall–Kier alpha value is -2.25. The first kappa shape index (κ1) is 93.0. The second-order valence-electron chi connectivity index (χ2n) is 29.6. The fraction of sp³-hybridized carbons (Fsp3) is 0.890. The summed E-state index contributed by atoms with van der Waals surface area (Å²) in [5, 5.41) is 121. The number of carbonyl (C=O) groups is 1. The maximum atomic E-state index is 13.5. The molecule has 0 aromatic carbocycles. The lowest BCUT2D eigenvalue weighted by Gasteiger charge is -2.48. The van der Waals surface area contributed by atoms with E-state index in [0.29, 0.717) is 6.42 Å². The summed E-state index contributed by atoms with van der Waals surface area (Å²) in [6.45, 7) is 1.76. The van der Waals surface area contributed by atoms with Crippen molar-refractivity contribution in [3.8, 4) is 0 Å². The van der Waals surface area contributed by atoms with Crippen LogP contribution in [0.15, 0.2) is 48.6 Å². The number of nitrogens with one attached hydrogen (secondary N) is 1. The summed E-state index contributed by atoms with van der Waals surface area (Å²) in [4.78, 5) is 13.5. The third-order valence-electron chi connectivity index (χ3n) is 20.6. The summed E-state index contributed by atoms with van der Waals surface area (Å²) < 4.78 is 34.4. The van der Waals surface area contributed by atoms with Gasteiger partial charge >= 0.3 is 0 Å². The average Bonchev–Trinajstić information content (AvgIpc) is 0.792. The zero-order valence-electron chi connectivity index (χ0n) is 63.4. The van der Waals surface area contributed by atoms with Crippen molar-refractivity contribution in [2.24, 2.45) is 0 Å². The molecule has 3 saturated heterocycles. The summed E-state index contributed by atoms with van der Waals surface area (Å²) in [6.07, 6.45) is 52.6. The first-order chi connectivity index (χ1) is 49.3. The van der Waals surface area contributed by atoms with Crippen molar-refractivity contribution in [1.82, 2.24) is 5.32 Å². The molecule has 3 aliphatic rings. The zero-order valence-corrected chi connectivity index (χ0v) is 63.4. The maximum absolute atomic E-state index is 13.5. The second-order valence-corrected chi connectivity index (χ2v) is 29.6. The molecule has 592 valence electrons. The van der Waals surface area contributed by atoms with Gasteiger partial charge in [-0.25, -0.2) is 0 Å². The maximum Gasteiger partial charge on any atom is 0.220 e. The van der Waals surface area contributed by atoms with Gasteiger partial charge in [0, 0.05) is 6.42 Å². The fourth-order valence-corrected chi connectivity index (χ4v) is 14.0. The van der Waals surface area contributed by atoms with Crippen molar-refractivity contribution >= 4 is 5.91 Å². The lowest BCUT2D eigenvalue weighted by atomic mass is 9.96. The predicted molar refractivity (Wildman–Crippen MR) is 402 cm³/mol. The molecule has 0 aromatic heterocycles. The summed E-state index contributed by atoms with van der Waals surface area (Å²) in [5.74, 6) is -0.270. The van der Waals surface area contributed by atoms with E-state index in [-0.39, 0.29) is 18.9 Å². The molecule has 1 amide bonds. The van der Waals surface area contributed by atoms with E-state index in [2.05, 4.69) is 55.6 Å². The van der Waals surface area contributed by atoms with Gasteiger partial charge in [0.25, 0.3) is 0 Å². The van der Waals surface area contributed by atoms with Gasteiger partial charge in [0.2, 0.25) is 5.91 Å². The topological polar surface area (TPSA) is 307 Å². The van der Waals surface area contributed by atoms with E-state index in [1.165, 1.54) is 250 Å². The van der Waals surface area contributed by atoms with E-state index >= 15 is 0 Å². The van der Waals surface area contributed by atoms with E-state index in [0.717, 1.165) is 57.8 Å². The highest BCUT2D eigenvalue weighted by molar-refractivity contribution is 5.76. The smallest absolute Gasteiger partial charge is 0.220 e. The van der Waals surface area contributed by atoms with Gasteiger partial charge in [0.05, 0.1) is 38.6 Å². The number of aliphatic hydroxyl groups excluding tert-OH is 11. The SMILES string of the molecule is CCCCCCC/C=C\C/C=C\C/C=C\CCCCCCCCCCCCCCCCCCCCCCCCCCC(=O)NC(COC1OC(CO)C(OC2OC(CO)C(OC3OC(CO)C(O)C(O)C3O)C(O)C2O)C(O)C1O)C(O)/C=C/CCCCCCCCCCCCCCCCC. The fourth-order valence-electron chi connectivity index (χ4n) is 14.0. The molecule has 3 rings (SSSR count). The van der Waals surface area contributed by atoms with Crippen LogP contribution < -0.4 is 5.32 Å². The Bertz CT molecular complexity index is 2010. The van der Waals surface area contributed by atoms with Crippen LogP contribution in [0, 0.1) is 0 Å². The van der Waals surface area contributed by atoms with Crippen LogP contribution >= 0.6 is 0 Å². The van der Waals surface area contributed by atoms with Crippen LogP contribution in [-0.4, -0.2) is 193 Å². The molecular weight excluding hydrogens is 1290 g/mol. The molecule has 12 N–H and O–H groups in total. The first-order valence-electron chi connectivity index (χ1n) is 41.4. The molecule has 0 aromatic rings. The van der Waals surface area contributed by atoms with Crippen LogP contribution in [0.5, 0.6) is 0 Å². The molecule has 19 heteroatoms. The molecule has 0 saturated carbocycles. The highest BCUT2D eigenvalue weighted by Crippen LogP contribution is 2.33. The van der Waals surface area contributed by atoms with Crippen LogP contribution in [0.2, 0.25) is 0 Å². The van der Waals surface area contributed by atoms with Crippen molar-refractivity contribution in [2.45, 2.75) is 439 Å². The Morgan fingerprint density at radius 3 is 1.02 bits per heavy atom. The Balaban J connectivity index is 1.30. The Morgan fingerprint density at radius 2 is 0.653 bits per heavy atom. The number of rotatable bonds is 66. The summed E-state index contributed by atoms with van der Waals surface area (Å²) >= 11 is 0. The van der Waals surface area contributed by atoms with Crippen molar-refractivity contribution in [1.29, 1.82) is 0 Å². The normalized spacial score (nSPS) is 26.5. The highest BCUT2D eigenvalue weighted by atomic mass is 16.8. The molecule has 19 nitrogen and oxygen atoms in total. The van der Waals surface area contributed by atoms with Crippen molar-refractivity contribution < 1.29 is 89.4 Å². The van der Waals surface area contributed by atoms with Gasteiger partial charge in [-0.1, -0.05) is 319 Å². The number of ether oxygens (including phenoxy) is 6. The molecule has 101 heavy (non-hydrogen) atoms. The van der Waals surface area contributed by atoms with Gasteiger partial charge < -0.3 is 89.9 Å². The molecule has 0 spiro atoms. The lowest BCUT2D eigenvalue weighted by molar-refractivity contribution is -0.379. The van der Waals surface area contributed by atoms with Crippen LogP contribution in [-0.2, 0) is 33.2 Å². The van der Waals surface area contributed by atoms with E-state index < -0.39 is 124 Å². The predicted octanol–water partition coefficient (Wildman–Crippen LogP) is 14.1. The van der Waals surface area contributed by atoms with E-state index in [9.17, 15) is 61.0 Å². The molecule has 17 atom stereocenters. The number of unbranched alkanes of at least 4 members (excludes halogenated alkanes) is 44. The molecule has 0 bridgehead atoms. The van der Waals surface area contributed by atoms with Crippen LogP contribution in [0.4, 0.5) is 0 Å². The van der Waals surface area contributed by atoms with Gasteiger partial charge in [-0.15, -0.1) is 0 Å². The Morgan fingerprint density at radius 1 is 0.356 bits per heavy atom. The van der Waals surface area contributed by atoms with Gasteiger partial charge in [-0.2, -0.15) is 0 Å². The van der Waals surface area contributed by atoms with Crippen molar-refractivity contribution in [2.75, 3.05) is 26.4 Å². The van der Waals surface area contributed by atoms with Gasteiger partial charge in [-0.3, -0.25) is 4.79 Å². The monoisotopic (exact) mass is 1440 g/mol. The third kappa shape index (κ3) is 42.8.